The van der Waals surface area contributed by atoms with Gasteiger partial charge in [-0.1, -0.05) is 30.3 Å². The summed E-state index contributed by atoms with van der Waals surface area (Å²) in [5, 5.41) is 3.20. The van der Waals surface area contributed by atoms with E-state index >= 15 is 0 Å². The maximum Gasteiger partial charge on any atom is 0.0444 e. The van der Waals surface area contributed by atoms with Crippen molar-refractivity contribution in [2.75, 3.05) is 18.5 Å². The third kappa shape index (κ3) is 2.24. The van der Waals surface area contributed by atoms with Gasteiger partial charge in [-0.15, -0.1) is 0 Å². The molecule has 19 heavy (non-hydrogen) atoms. The number of nitrogens with zero attached hydrogens (tertiary/aromatic N) is 1. The van der Waals surface area contributed by atoms with Crippen LogP contribution in [0.1, 0.15) is 16.7 Å². The predicted octanol–water partition coefficient (Wildman–Crippen LogP) is 3.41. The Morgan fingerprint density at radius 3 is 2.74 bits per heavy atom. The number of anilines is 2. The summed E-state index contributed by atoms with van der Waals surface area (Å²) < 4.78 is 0. The van der Waals surface area contributed by atoms with Gasteiger partial charge >= 0.3 is 0 Å². The molecule has 1 aliphatic heterocycles. The van der Waals surface area contributed by atoms with Crippen LogP contribution < -0.4 is 10.2 Å². The van der Waals surface area contributed by atoms with Crippen molar-refractivity contribution in [2.24, 2.45) is 0 Å². The molecule has 2 aromatic rings. The Hall–Kier alpha value is -1.80. The molecule has 2 aromatic carbocycles. The number of para-hydroxylation sites is 1. The minimum atomic E-state index is 0.928. The smallest absolute Gasteiger partial charge is 0.0444 e. The van der Waals surface area contributed by atoms with Crippen LogP contribution in [-0.4, -0.2) is 13.6 Å². The van der Waals surface area contributed by atoms with E-state index in [-0.39, 0.29) is 0 Å². The maximum absolute atomic E-state index is 3.20. The number of hydrogen-bond donors (Lipinski definition) is 1. The van der Waals surface area contributed by atoms with E-state index in [0.29, 0.717) is 0 Å². The van der Waals surface area contributed by atoms with Crippen LogP contribution in [0.15, 0.2) is 42.5 Å². The molecule has 1 N–H and O–H groups in total. The highest BCUT2D eigenvalue weighted by atomic mass is 15.2. The van der Waals surface area contributed by atoms with Crippen LogP contribution in [0.5, 0.6) is 0 Å². The highest BCUT2D eigenvalue weighted by Gasteiger charge is 2.20. The molecule has 0 amide bonds. The lowest BCUT2D eigenvalue weighted by atomic mass is 10.1. The first-order chi connectivity index (χ1) is 9.29. The predicted molar refractivity (Wildman–Crippen MR) is 81.1 cm³/mol. The molecule has 0 aliphatic carbocycles. The first kappa shape index (κ1) is 12.2. The molecule has 0 radical (unpaired) electrons. The second-order valence-electron chi connectivity index (χ2n) is 5.18. The fourth-order valence-electron chi connectivity index (χ4n) is 2.92. The van der Waals surface area contributed by atoms with Gasteiger partial charge in [-0.3, -0.25) is 0 Å². The largest absolute Gasteiger partial charge is 0.341 e. The molecule has 1 heterocycles. The van der Waals surface area contributed by atoms with E-state index in [1.807, 2.05) is 7.05 Å². The summed E-state index contributed by atoms with van der Waals surface area (Å²) in [5.74, 6) is 0. The minimum absolute atomic E-state index is 0.928. The molecule has 0 saturated carbocycles. The van der Waals surface area contributed by atoms with Crippen molar-refractivity contribution in [2.45, 2.75) is 19.9 Å². The Bertz CT molecular complexity index is 590. The minimum Gasteiger partial charge on any atom is -0.341 e. The van der Waals surface area contributed by atoms with E-state index in [1.54, 1.807) is 0 Å². The average Bonchev–Trinajstić information content (AvgIpc) is 2.83. The zero-order chi connectivity index (χ0) is 13.2. The van der Waals surface area contributed by atoms with Gasteiger partial charge < -0.3 is 10.2 Å². The Balaban J connectivity index is 1.96. The number of nitrogens with one attached hydrogen (secondary N) is 1. The van der Waals surface area contributed by atoms with Crippen LogP contribution in [0.25, 0.3) is 0 Å². The molecule has 0 aromatic heterocycles. The van der Waals surface area contributed by atoms with Crippen LogP contribution in [0.2, 0.25) is 0 Å². The Kier molecular flexibility index (Phi) is 3.26. The molecule has 3 rings (SSSR count). The second-order valence-corrected chi connectivity index (χ2v) is 5.18. The van der Waals surface area contributed by atoms with Crippen LogP contribution in [-0.2, 0) is 13.0 Å². The fourth-order valence-corrected chi connectivity index (χ4v) is 2.92. The highest BCUT2D eigenvalue weighted by molar-refractivity contribution is 5.72. The van der Waals surface area contributed by atoms with Crippen LogP contribution in [0, 0.1) is 6.92 Å². The normalized spacial score (nSPS) is 13.7. The van der Waals surface area contributed by atoms with Crippen molar-refractivity contribution in [1.82, 2.24) is 5.32 Å². The summed E-state index contributed by atoms with van der Waals surface area (Å²) in [7, 11) is 1.99. The molecule has 0 fully saturated rings. The van der Waals surface area contributed by atoms with Gasteiger partial charge in [0.2, 0.25) is 0 Å². The van der Waals surface area contributed by atoms with Gasteiger partial charge in [-0.25, -0.2) is 0 Å². The van der Waals surface area contributed by atoms with Crippen molar-refractivity contribution >= 4 is 11.4 Å². The van der Waals surface area contributed by atoms with Gasteiger partial charge in [0.05, 0.1) is 0 Å². The van der Waals surface area contributed by atoms with E-state index in [2.05, 4.69) is 59.6 Å². The summed E-state index contributed by atoms with van der Waals surface area (Å²) in [6.07, 6.45) is 1.15. The molecule has 0 atom stereocenters. The first-order valence-corrected chi connectivity index (χ1v) is 6.89. The van der Waals surface area contributed by atoms with Crippen LogP contribution in [0.4, 0.5) is 11.4 Å². The summed E-state index contributed by atoms with van der Waals surface area (Å²) in [6, 6.07) is 15.5. The topological polar surface area (TPSA) is 15.3 Å². The van der Waals surface area contributed by atoms with Crippen molar-refractivity contribution in [3.05, 3.63) is 59.2 Å². The Morgan fingerprint density at radius 1 is 1.11 bits per heavy atom. The quantitative estimate of drug-likeness (QED) is 0.900. The maximum atomic E-state index is 3.20. The summed E-state index contributed by atoms with van der Waals surface area (Å²) in [5.41, 5.74) is 6.86. The molecule has 0 unspecified atom stereocenters. The molecule has 0 bridgehead atoms. The van der Waals surface area contributed by atoms with E-state index in [1.165, 1.54) is 28.1 Å². The van der Waals surface area contributed by atoms with Crippen molar-refractivity contribution in [3.8, 4) is 0 Å². The molecule has 2 nitrogen and oxygen atoms in total. The van der Waals surface area contributed by atoms with Gasteiger partial charge in [0.1, 0.15) is 0 Å². The average molecular weight is 252 g/mol. The van der Waals surface area contributed by atoms with Crippen molar-refractivity contribution < 1.29 is 0 Å². The number of rotatable bonds is 3. The van der Waals surface area contributed by atoms with E-state index in [0.717, 1.165) is 19.5 Å². The second kappa shape index (κ2) is 5.06. The first-order valence-electron chi connectivity index (χ1n) is 6.89. The van der Waals surface area contributed by atoms with E-state index < -0.39 is 0 Å². The van der Waals surface area contributed by atoms with Crippen LogP contribution >= 0.6 is 0 Å². The molecule has 2 heteroatoms. The summed E-state index contributed by atoms with van der Waals surface area (Å²) in [4.78, 5) is 2.44. The van der Waals surface area contributed by atoms with Gasteiger partial charge in [-0.05, 0) is 49.2 Å². The van der Waals surface area contributed by atoms with Crippen molar-refractivity contribution in [1.29, 1.82) is 0 Å². The summed E-state index contributed by atoms with van der Waals surface area (Å²) >= 11 is 0. The standard InChI is InChI=1S/C17H20N2/c1-13-11-14(12-18-2)7-8-16(13)19-10-9-15-5-3-4-6-17(15)19/h3-8,11,18H,9-10,12H2,1-2H3. The highest BCUT2D eigenvalue weighted by Crippen LogP contribution is 2.36. The Morgan fingerprint density at radius 2 is 1.95 bits per heavy atom. The lowest BCUT2D eigenvalue weighted by Crippen LogP contribution is -2.15. The Labute approximate surface area is 115 Å². The summed E-state index contributed by atoms with van der Waals surface area (Å²) in [6.45, 7) is 4.22. The zero-order valence-electron chi connectivity index (χ0n) is 11.6. The number of fused-ring (bicyclic) bond motifs is 1. The van der Waals surface area contributed by atoms with Gasteiger partial charge in [0.25, 0.3) is 0 Å². The molecular formula is C17H20N2. The van der Waals surface area contributed by atoms with Gasteiger partial charge in [0, 0.05) is 24.5 Å². The van der Waals surface area contributed by atoms with Crippen molar-refractivity contribution in [3.63, 3.8) is 0 Å². The van der Waals surface area contributed by atoms with E-state index in [9.17, 15) is 0 Å². The van der Waals surface area contributed by atoms with Gasteiger partial charge in [0.15, 0.2) is 0 Å². The SMILES string of the molecule is CNCc1ccc(N2CCc3ccccc32)c(C)c1. The molecule has 98 valence electrons. The number of hydrogen-bond acceptors (Lipinski definition) is 2. The lowest BCUT2D eigenvalue weighted by molar-refractivity contribution is 0.816. The number of benzene rings is 2. The lowest BCUT2D eigenvalue weighted by Gasteiger charge is -2.22. The monoisotopic (exact) mass is 252 g/mol. The van der Waals surface area contributed by atoms with Gasteiger partial charge in [-0.2, -0.15) is 0 Å². The third-order valence-electron chi connectivity index (χ3n) is 3.82. The van der Waals surface area contributed by atoms with Crippen LogP contribution in [0.3, 0.4) is 0 Å². The number of aryl methyl sites for hydroxylation is 1. The molecule has 0 spiro atoms. The van der Waals surface area contributed by atoms with E-state index in [4.69, 9.17) is 0 Å². The fraction of sp³-hybridized carbons (Fsp3) is 0.294. The zero-order valence-corrected chi connectivity index (χ0v) is 11.6. The molecular weight excluding hydrogens is 232 g/mol. The third-order valence-corrected chi connectivity index (χ3v) is 3.82. The molecule has 0 saturated heterocycles. The molecule has 1 aliphatic rings.